The summed E-state index contributed by atoms with van der Waals surface area (Å²) in [6.07, 6.45) is 0. The van der Waals surface area contributed by atoms with Gasteiger partial charge in [-0.2, -0.15) is 0 Å². The van der Waals surface area contributed by atoms with Crippen LogP contribution in [0.3, 0.4) is 0 Å². The largest absolute Gasteiger partial charge is 0.379 e. The monoisotopic (exact) mass is 365 g/mol. The van der Waals surface area contributed by atoms with E-state index in [0.717, 1.165) is 5.56 Å². The molecule has 6 heteroatoms. The van der Waals surface area contributed by atoms with Crippen molar-refractivity contribution in [1.29, 1.82) is 0 Å². The highest BCUT2D eigenvalue weighted by molar-refractivity contribution is 9.10. The molecule has 0 radical (unpaired) electrons. The highest BCUT2D eigenvalue weighted by Crippen LogP contribution is 2.32. The van der Waals surface area contributed by atoms with E-state index in [0.29, 0.717) is 16.7 Å². The first-order valence-electron chi connectivity index (χ1n) is 5.29. The van der Waals surface area contributed by atoms with Crippen molar-refractivity contribution < 1.29 is 8.78 Å². The molecule has 2 aromatic carbocycles. The van der Waals surface area contributed by atoms with Crippen molar-refractivity contribution in [2.24, 2.45) is 0 Å². The van der Waals surface area contributed by atoms with Crippen LogP contribution in [-0.4, -0.2) is 0 Å². The van der Waals surface area contributed by atoms with E-state index in [1.54, 1.807) is 6.07 Å². The van der Waals surface area contributed by atoms with Crippen molar-refractivity contribution in [3.63, 3.8) is 0 Å². The van der Waals surface area contributed by atoms with E-state index >= 15 is 0 Å². The zero-order chi connectivity index (χ0) is 14.0. The van der Waals surface area contributed by atoms with Gasteiger partial charge in [-0.25, -0.2) is 8.78 Å². The van der Waals surface area contributed by atoms with Crippen molar-refractivity contribution in [3.8, 4) is 0 Å². The molecular formula is C13H8BrCl2F2N. The molecule has 0 amide bonds. The van der Waals surface area contributed by atoms with Crippen molar-refractivity contribution in [1.82, 2.24) is 0 Å². The van der Waals surface area contributed by atoms with Gasteiger partial charge in [0.05, 0.1) is 15.7 Å². The van der Waals surface area contributed by atoms with Crippen LogP contribution in [0.1, 0.15) is 5.56 Å². The van der Waals surface area contributed by atoms with Gasteiger partial charge in [-0.1, -0.05) is 45.2 Å². The fraction of sp³-hybridized carbons (Fsp3) is 0.0769. The third-order valence-corrected chi connectivity index (χ3v) is 3.81. The molecular weight excluding hydrogens is 359 g/mol. The van der Waals surface area contributed by atoms with E-state index in [-0.39, 0.29) is 15.9 Å². The fourth-order valence-corrected chi connectivity index (χ4v) is 2.64. The van der Waals surface area contributed by atoms with Gasteiger partial charge in [0.2, 0.25) is 0 Å². The number of halogens is 5. The number of benzene rings is 2. The average molecular weight is 367 g/mol. The molecule has 0 aliphatic rings. The summed E-state index contributed by atoms with van der Waals surface area (Å²) in [5, 5.41) is 3.40. The van der Waals surface area contributed by atoms with Gasteiger partial charge in [0, 0.05) is 11.0 Å². The second kappa shape index (κ2) is 6.07. The third kappa shape index (κ3) is 3.59. The maximum atomic E-state index is 13.0. The molecule has 0 saturated heterocycles. The van der Waals surface area contributed by atoms with Gasteiger partial charge in [0.15, 0.2) is 0 Å². The molecule has 0 saturated carbocycles. The minimum absolute atomic E-state index is 0.197. The van der Waals surface area contributed by atoms with Crippen LogP contribution in [0.4, 0.5) is 14.5 Å². The molecule has 0 unspecified atom stereocenters. The molecule has 0 spiro atoms. The molecule has 0 atom stereocenters. The number of nitrogens with one attached hydrogen (secondary N) is 1. The predicted octanol–water partition coefficient (Wildman–Crippen LogP) is 5.65. The van der Waals surface area contributed by atoms with Crippen LogP contribution in [0.2, 0.25) is 10.0 Å². The fourth-order valence-electron chi connectivity index (χ4n) is 1.56. The second-order valence-electron chi connectivity index (χ2n) is 3.83. The zero-order valence-electron chi connectivity index (χ0n) is 9.48. The second-order valence-corrected chi connectivity index (χ2v) is 5.50. The van der Waals surface area contributed by atoms with Gasteiger partial charge in [-0.05, 0) is 29.8 Å². The van der Waals surface area contributed by atoms with Crippen molar-refractivity contribution in [3.05, 3.63) is 62.0 Å². The number of anilines is 1. The zero-order valence-corrected chi connectivity index (χ0v) is 12.6. The summed E-state index contributed by atoms with van der Waals surface area (Å²) < 4.78 is 26.6. The standard InChI is InChI=1S/C13H8BrCl2F2N/c14-10-3-8(17)2-1-7(10)6-19-13-11(15)4-9(18)5-12(13)16/h1-5,19H,6H2. The first-order chi connectivity index (χ1) is 8.97. The summed E-state index contributed by atoms with van der Waals surface area (Å²) >= 11 is 15.1. The quantitative estimate of drug-likeness (QED) is 0.740. The van der Waals surface area contributed by atoms with Crippen molar-refractivity contribution >= 4 is 44.8 Å². The Morgan fingerprint density at radius 2 is 1.63 bits per heavy atom. The Kier molecular flexibility index (Phi) is 4.66. The molecule has 0 fully saturated rings. The van der Waals surface area contributed by atoms with Gasteiger partial charge < -0.3 is 5.32 Å². The third-order valence-electron chi connectivity index (χ3n) is 2.48. The lowest BCUT2D eigenvalue weighted by molar-refractivity contribution is 0.626. The normalized spacial score (nSPS) is 10.6. The Labute approximate surface area is 127 Å². The van der Waals surface area contributed by atoms with E-state index in [1.165, 1.54) is 24.3 Å². The van der Waals surface area contributed by atoms with Crippen LogP contribution in [0, 0.1) is 11.6 Å². The Morgan fingerprint density at radius 3 is 2.21 bits per heavy atom. The first-order valence-corrected chi connectivity index (χ1v) is 6.84. The molecule has 100 valence electrons. The summed E-state index contributed by atoms with van der Waals surface area (Å²) in [7, 11) is 0. The van der Waals surface area contributed by atoms with E-state index < -0.39 is 5.82 Å². The van der Waals surface area contributed by atoms with Crippen LogP contribution < -0.4 is 5.32 Å². The number of hydrogen-bond donors (Lipinski definition) is 1. The molecule has 0 heterocycles. The topological polar surface area (TPSA) is 12.0 Å². The van der Waals surface area contributed by atoms with Gasteiger partial charge in [-0.15, -0.1) is 0 Å². The maximum absolute atomic E-state index is 13.0. The average Bonchev–Trinajstić information content (AvgIpc) is 2.30. The van der Waals surface area contributed by atoms with E-state index in [9.17, 15) is 8.78 Å². The lowest BCUT2D eigenvalue weighted by Crippen LogP contribution is -2.02. The molecule has 2 aromatic rings. The SMILES string of the molecule is Fc1cc(Cl)c(NCc2ccc(F)cc2Br)c(Cl)c1. The Balaban J connectivity index is 2.19. The predicted molar refractivity (Wildman–Crippen MR) is 77.8 cm³/mol. The van der Waals surface area contributed by atoms with Crippen LogP contribution in [-0.2, 0) is 6.54 Å². The summed E-state index contributed by atoms with van der Waals surface area (Å²) in [5.41, 5.74) is 1.28. The molecule has 0 aliphatic carbocycles. The molecule has 2 rings (SSSR count). The summed E-state index contributed by atoms with van der Waals surface area (Å²) in [6, 6.07) is 6.71. The molecule has 0 aliphatic heterocycles. The molecule has 0 aromatic heterocycles. The van der Waals surface area contributed by atoms with Gasteiger partial charge in [-0.3, -0.25) is 0 Å². The van der Waals surface area contributed by atoms with Gasteiger partial charge >= 0.3 is 0 Å². The maximum Gasteiger partial charge on any atom is 0.126 e. The van der Waals surface area contributed by atoms with Crippen LogP contribution >= 0.6 is 39.1 Å². The van der Waals surface area contributed by atoms with E-state index in [2.05, 4.69) is 21.2 Å². The summed E-state index contributed by atoms with van der Waals surface area (Å²) in [5.74, 6) is -0.822. The lowest BCUT2D eigenvalue weighted by atomic mass is 10.2. The van der Waals surface area contributed by atoms with Gasteiger partial charge in [0.1, 0.15) is 11.6 Å². The van der Waals surface area contributed by atoms with Crippen LogP contribution in [0.25, 0.3) is 0 Å². The highest BCUT2D eigenvalue weighted by Gasteiger charge is 2.09. The highest BCUT2D eigenvalue weighted by atomic mass is 79.9. The van der Waals surface area contributed by atoms with Crippen LogP contribution in [0.15, 0.2) is 34.8 Å². The smallest absolute Gasteiger partial charge is 0.126 e. The number of hydrogen-bond acceptors (Lipinski definition) is 1. The Hall–Kier alpha value is -0.840. The first kappa shape index (κ1) is 14.6. The van der Waals surface area contributed by atoms with Gasteiger partial charge in [0.25, 0.3) is 0 Å². The summed E-state index contributed by atoms with van der Waals surface area (Å²) in [4.78, 5) is 0. The van der Waals surface area contributed by atoms with Crippen LogP contribution in [0.5, 0.6) is 0 Å². The molecule has 0 bridgehead atoms. The van der Waals surface area contributed by atoms with Crippen molar-refractivity contribution in [2.45, 2.75) is 6.54 Å². The van der Waals surface area contributed by atoms with E-state index in [4.69, 9.17) is 23.2 Å². The van der Waals surface area contributed by atoms with E-state index in [1.807, 2.05) is 0 Å². The number of rotatable bonds is 3. The summed E-state index contributed by atoms with van der Waals surface area (Å²) in [6.45, 7) is 0.381. The molecule has 1 N–H and O–H groups in total. The van der Waals surface area contributed by atoms with Crippen molar-refractivity contribution in [2.75, 3.05) is 5.32 Å². The lowest BCUT2D eigenvalue weighted by Gasteiger charge is -2.11. The Morgan fingerprint density at radius 1 is 1.00 bits per heavy atom. The molecule has 1 nitrogen and oxygen atoms in total. The minimum Gasteiger partial charge on any atom is -0.379 e. The Bertz CT molecular complexity index is 597. The molecule has 19 heavy (non-hydrogen) atoms. The minimum atomic E-state index is -0.497.